The zero-order chi connectivity index (χ0) is 17.1. The SMILES string of the molecule is CCCCCCCCC1=CC2C(=O)NC(=O)C2(S(=O)(=O)O)C=C1. The van der Waals surface area contributed by atoms with Crippen LogP contribution in [0.1, 0.15) is 51.9 Å². The maximum atomic E-state index is 11.9. The first-order valence-electron chi connectivity index (χ1n) is 8.05. The number of hydrogen-bond donors (Lipinski definition) is 2. The van der Waals surface area contributed by atoms with Crippen molar-refractivity contribution in [3.63, 3.8) is 0 Å². The van der Waals surface area contributed by atoms with Crippen LogP contribution in [0.2, 0.25) is 0 Å². The minimum Gasteiger partial charge on any atom is -0.294 e. The molecule has 2 aliphatic rings. The summed E-state index contributed by atoms with van der Waals surface area (Å²) in [5, 5.41) is 2.00. The predicted octanol–water partition coefficient (Wildman–Crippen LogP) is 2.13. The fourth-order valence-corrected chi connectivity index (χ4v) is 4.16. The van der Waals surface area contributed by atoms with Crippen LogP contribution in [-0.4, -0.2) is 29.5 Å². The molecule has 1 fully saturated rings. The fourth-order valence-electron chi connectivity index (χ4n) is 3.14. The molecule has 0 spiro atoms. The van der Waals surface area contributed by atoms with Crippen LogP contribution in [0.3, 0.4) is 0 Å². The zero-order valence-corrected chi connectivity index (χ0v) is 14.1. The third-order valence-electron chi connectivity index (χ3n) is 4.51. The van der Waals surface area contributed by atoms with Crippen LogP contribution < -0.4 is 5.32 Å². The van der Waals surface area contributed by atoms with E-state index in [0.717, 1.165) is 37.3 Å². The second-order valence-corrected chi connectivity index (χ2v) is 7.78. The van der Waals surface area contributed by atoms with E-state index in [1.165, 1.54) is 31.4 Å². The fraction of sp³-hybridized carbons (Fsp3) is 0.625. The molecular formula is C16H23NO5S. The van der Waals surface area contributed by atoms with Gasteiger partial charge in [0.15, 0.2) is 0 Å². The molecule has 1 aliphatic carbocycles. The predicted molar refractivity (Wildman–Crippen MR) is 86.1 cm³/mol. The van der Waals surface area contributed by atoms with E-state index in [9.17, 15) is 22.6 Å². The summed E-state index contributed by atoms with van der Waals surface area (Å²) in [5.74, 6) is -2.86. The van der Waals surface area contributed by atoms with E-state index in [4.69, 9.17) is 0 Å². The van der Waals surface area contributed by atoms with Gasteiger partial charge in [-0.2, -0.15) is 8.42 Å². The Morgan fingerprint density at radius 1 is 1.17 bits per heavy atom. The lowest BCUT2D eigenvalue weighted by Crippen LogP contribution is -2.48. The van der Waals surface area contributed by atoms with Gasteiger partial charge in [-0.3, -0.25) is 19.5 Å². The van der Waals surface area contributed by atoms with Crippen LogP contribution in [0.15, 0.2) is 23.8 Å². The topological polar surface area (TPSA) is 101 Å². The van der Waals surface area contributed by atoms with Crippen LogP contribution >= 0.6 is 0 Å². The summed E-state index contributed by atoms with van der Waals surface area (Å²) < 4.78 is 30.6. The van der Waals surface area contributed by atoms with Gasteiger partial charge >= 0.3 is 0 Å². The van der Waals surface area contributed by atoms with Gasteiger partial charge in [-0.1, -0.05) is 62.8 Å². The van der Waals surface area contributed by atoms with Crippen molar-refractivity contribution in [3.05, 3.63) is 23.8 Å². The number of rotatable bonds is 8. The first kappa shape index (κ1) is 17.9. The Morgan fingerprint density at radius 3 is 2.48 bits per heavy atom. The molecule has 7 heteroatoms. The van der Waals surface area contributed by atoms with Crippen molar-refractivity contribution in [1.82, 2.24) is 5.32 Å². The molecule has 23 heavy (non-hydrogen) atoms. The van der Waals surface area contributed by atoms with E-state index in [2.05, 4.69) is 6.92 Å². The van der Waals surface area contributed by atoms with E-state index >= 15 is 0 Å². The van der Waals surface area contributed by atoms with Gasteiger partial charge in [-0.25, -0.2) is 0 Å². The third kappa shape index (κ3) is 3.40. The lowest BCUT2D eigenvalue weighted by Gasteiger charge is -2.26. The van der Waals surface area contributed by atoms with Gasteiger partial charge < -0.3 is 0 Å². The smallest absolute Gasteiger partial charge is 0.284 e. The van der Waals surface area contributed by atoms with Crippen molar-refractivity contribution >= 4 is 21.9 Å². The number of unbranched alkanes of at least 4 members (excludes halogenated alkanes) is 5. The highest BCUT2D eigenvalue weighted by Gasteiger charge is 2.62. The zero-order valence-electron chi connectivity index (χ0n) is 13.2. The van der Waals surface area contributed by atoms with E-state index in [1.54, 1.807) is 0 Å². The summed E-state index contributed by atoms with van der Waals surface area (Å²) in [6.07, 6.45) is 11.7. The van der Waals surface area contributed by atoms with Crippen LogP contribution in [0, 0.1) is 5.92 Å². The Bertz CT molecular complexity index is 649. The molecule has 128 valence electrons. The van der Waals surface area contributed by atoms with Gasteiger partial charge in [-0.05, 0) is 12.8 Å². The monoisotopic (exact) mass is 341 g/mol. The van der Waals surface area contributed by atoms with Gasteiger partial charge in [0.1, 0.15) is 0 Å². The summed E-state index contributed by atoms with van der Waals surface area (Å²) >= 11 is 0. The second-order valence-electron chi connectivity index (χ2n) is 6.16. The lowest BCUT2D eigenvalue weighted by atomic mass is 9.85. The van der Waals surface area contributed by atoms with Crippen molar-refractivity contribution in [1.29, 1.82) is 0 Å². The highest BCUT2D eigenvalue weighted by Crippen LogP contribution is 2.39. The molecule has 0 aromatic heterocycles. The molecule has 1 heterocycles. The molecule has 0 saturated carbocycles. The molecule has 2 amide bonds. The number of hydrogen-bond acceptors (Lipinski definition) is 4. The molecule has 0 aromatic rings. The molecule has 0 radical (unpaired) electrons. The Labute approximate surface area is 136 Å². The average Bonchev–Trinajstić information content (AvgIpc) is 2.74. The number of carbonyl (C=O) groups excluding carboxylic acids is 2. The molecule has 2 atom stereocenters. The van der Waals surface area contributed by atoms with Crippen LogP contribution in [0.4, 0.5) is 0 Å². The number of imide groups is 1. The highest BCUT2D eigenvalue weighted by atomic mass is 32.2. The standard InChI is InChI=1S/C16H23NO5S/c1-2-3-4-5-6-7-8-12-9-10-16(23(20,21)22)13(11-12)14(18)17-15(16)19/h9-11,13H,2-8H2,1H3,(H,17,18,19)(H,20,21,22). The van der Waals surface area contributed by atoms with Crippen LogP contribution in [-0.2, 0) is 19.7 Å². The summed E-state index contributed by atoms with van der Waals surface area (Å²) in [6.45, 7) is 2.16. The highest BCUT2D eigenvalue weighted by molar-refractivity contribution is 7.88. The molecule has 0 bridgehead atoms. The molecular weight excluding hydrogens is 318 g/mol. The maximum Gasteiger partial charge on any atom is 0.284 e. The van der Waals surface area contributed by atoms with Crippen molar-refractivity contribution in [2.45, 2.75) is 56.6 Å². The summed E-state index contributed by atoms with van der Waals surface area (Å²) in [4.78, 5) is 23.8. The minimum absolute atomic E-state index is 0.683. The first-order valence-corrected chi connectivity index (χ1v) is 9.49. The Balaban J connectivity index is 2.04. The average molecular weight is 341 g/mol. The normalized spacial score (nSPS) is 26.9. The molecule has 2 N–H and O–H groups in total. The Morgan fingerprint density at radius 2 is 1.83 bits per heavy atom. The van der Waals surface area contributed by atoms with E-state index in [-0.39, 0.29) is 0 Å². The third-order valence-corrected chi connectivity index (χ3v) is 5.94. The number of allylic oxidation sites excluding steroid dienone is 2. The van der Waals surface area contributed by atoms with Gasteiger partial charge in [-0.15, -0.1) is 0 Å². The number of carbonyl (C=O) groups is 2. The first-order chi connectivity index (χ1) is 10.8. The molecule has 1 aliphatic heterocycles. The van der Waals surface area contributed by atoms with Crippen molar-refractivity contribution in [2.24, 2.45) is 5.92 Å². The largest absolute Gasteiger partial charge is 0.294 e. The second kappa shape index (κ2) is 6.97. The molecule has 1 saturated heterocycles. The minimum atomic E-state index is -4.73. The van der Waals surface area contributed by atoms with E-state index < -0.39 is 32.6 Å². The van der Waals surface area contributed by atoms with E-state index in [1.807, 2.05) is 5.32 Å². The number of nitrogens with one attached hydrogen (secondary N) is 1. The summed E-state index contributed by atoms with van der Waals surface area (Å²) in [7, 11) is -4.73. The van der Waals surface area contributed by atoms with Crippen LogP contribution in [0.5, 0.6) is 0 Å². The Hall–Kier alpha value is -1.47. The summed E-state index contributed by atoms with van der Waals surface area (Å²) in [6, 6.07) is 0. The Kier molecular flexibility index (Phi) is 5.41. The van der Waals surface area contributed by atoms with Crippen molar-refractivity contribution in [3.8, 4) is 0 Å². The van der Waals surface area contributed by atoms with Crippen molar-refractivity contribution < 1.29 is 22.6 Å². The quantitative estimate of drug-likeness (QED) is 0.400. The number of amides is 2. The molecule has 2 unspecified atom stereocenters. The van der Waals surface area contributed by atoms with Gasteiger partial charge in [0.25, 0.3) is 16.0 Å². The van der Waals surface area contributed by atoms with Crippen molar-refractivity contribution in [2.75, 3.05) is 0 Å². The van der Waals surface area contributed by atoms with Gasteiger partial charge in [0.2, 0.25) is 10.7 Å². The number of fused-ring (bicyclic) bond motifs is 1. The summed E-state index contributed by atoms with van der Waals surface area (Å²) in [5.41, 5.74) is 0.828. The van der Waals surface area contributed by atoms with Gasteiger partial charge in [0, 0.05) is 0 Å². The van der Waals surface area contributed by atoms with E-state index in [0.29, 0.717) is 0 Å². The van der Waals surface area contributed by atoms with Gasteiger partial charge in [0.05, 0.1) is 5.92 Å². The maximum absolute atomic E-state index is 11.9. The molecule has 2 rings (SSSR count). The molecule has 6 nitrogen and oxygen atoms in total. The van der Waals surface area contributed by atoms with Crippen LogP contribution in [0.25, 0.3) is 0 Å². The molecule has 0 aromatic carbocycles. The lowest BCUT2D eigenvalue weighted by molar-refractivity contribution is -0.125.